The molecule has 0 saturated heterocycles. The predicted molar refractivity (Wildman–Crippen MR) is 199 cm³/mol. The van der Waals surface area contributed by atoms with Gasteiger partial charge in [0.25, 0.3) is 5.91 Å². The van der Waals surface area contributed by atoms with Crippen LogP contribution in [-0.2, 0) is 20.9 Å². The number of para-hydroxylation sites is 1. The first kappa shape index (κ1) is 32.7. The maximum absolute atomic E-state index is 14.7. The van der Waals surface area contributed by atoms with Crippen molar-refractivity contribution in [2.75, 3.05) is 4.90 Å². The second-order valence-electron chi connectivity index (χ2n) is 13.3. The number of primary amides is 1. The minimum atomic E-state index is -1.23. The zero-order chi connectivity index (χ0) is 34.6. The number of carbonyl (C=O) groups is 3. The molecule has 3 atom stereocenters. The Morgan fingerprint density at radius 1 is 0.820 bits per heavy atom. The van der Waals surface area contributed by atoms with Gasteiger partial charge in [-0.2, -0.15) is 0 Å². The number of anilines is 1. The Kier molecular flexibility index (Phi) is 9.39. The number of rotatable bonds is 12. The molecule has 1 heterocycles. The van der Waals surface area contributed by atoms with E-state index in [0.717, 1.165) is 46.0 Å². The Labute approximate surface area is 292 Å². The van der Waals surface area contributed by atoms with Gasteiger partial charge in [0, 0.05) is 11.1 Å². The van der Waals surface area contributed by atoms with Crippen molar-refractivity contribution in [1.29, 1.82) is 0 Å². The van der Waals surface area contributed by atoms with Crippen LogP contribution in [0.5, 0.6) is 0 Å². The van der Waals surface area contributed by atoms with Gasteiger partial charge in [0.05, 0.1) is 29.8 Å². The van der Waals surface area contributed by atoms with Crippen LogP contribution in [0.25, 0.3) is 21.9 Å². The van der Waals surface area contributed by atoms with E-state index in [1.807, 2.05) is 78.9 Å². The van der Waals surface area contributed by atoms with Crippen LogP contribution < -0.4 is 16.0 Å². The molecule has 1 fully saturated rings. The molecule has 7 rings (SSSR count). The average Bonchev–Trinajstić information content (AvgIpc) is 3.98. The fourth-order valence-corrected chi connectivity index (χ4v) is 6.98. The SMILES string of the molecule is C=CCC(C(N)=O)C(CC1CC1)C(=O)NC1N=C(c2ccccc2)c2ccccc2N(Cc2cccc(-c3ccc4ccccc4c3)c2)C1=O. The molecular formula is C43H40N4O3. The summed E-state index contributed by atoms with van der Waals surface area (Å²) >= 11 is 0. The van der Waals surface area contributed by atoms with E-state index in [1.54, 1.807) is 11.0 Å². The molecule has 3 amide bonds. The molecule has 50 heavy (non-hydrogen) atoms. The fraction of sp³-hybridized carbons (Fsp3) is 0.209. The number of nitrogens with zero attached hydrogens (tertiary/aromatic N) is 2. The van der Waals surface area contributed by atoms with Crippen molar-refractivity contribution in [2.45, 2.75) is 38.4 Å². The van der Waals surface area contributed by atoms with E-state index >= 15 is 0 Å². The van der Waals surface area contributed by atoms with Crippen molar-refractivity contribution >= 4 is 39.9 Å². The summed E-state index contributed by atoms with van der Waals surface area (Å²) in [7, 11) is 0. The van der Waals surface area contributed by atoms with Crippen molar-refractivity contribution in [3.05, 3.63) is 151 Å². The monoisotopic (exact) mass is 660 g/mol. The van der Waals surface area contributed by atoms with Crippen LogP contribution in [0.2, 0.25) is 0 Å². The van der Waals surface area contributed by atoms with Crippen molar-refractivity contribution in [3.63, 3.8) is 0 Å². The van der Waals surface area contributed by atoms with E-state index in [2.05, 4.69) is 54.4 Å². The number of hydrogen-bond donors (Lipinski definition) is 2. The summed E-state index contributed by atoms with van der Waals surface area (Å²) in [5, 5.41) is 5.31. The van der Waals surface area contributed by atoms with Gasteiger partial charge >= 0.3 is 0 Å². The predicted octanol–water partition coefficient (Wildman–Crippen LogP) is 7.43. The second-order valence-corrected chi connectivity index (χ2v) is 13.3. The summed E-state index contributed by atoms with van der Waals surface area (Å²) in [5.74, 6) is -2.39. The van der Waals surface area contributed by atoms with E-state index in [9.17, 15) is 14.4 Å². The van der Waals surface area contributed by atoms with E-state index in [-0.39, 0.29) is 18.9 Å². The van der Waals surface area contributed by atoms with Crippen LogP contribution in [0.4, 0.5) is 5.69 Å². The van der Waals surface area contributed by atoms with E-state index in [0.29, 0.717) is 23.7 Å². The van der Waals surface area contributed by atoms with Crippen molar-refractivity contribution in [1.82, 2.24) is 5.32 Å². The standard InChI is InChI=1S/C43H40N4O3/c1-2-11-35(40(44)48)37(25-28-20-21-28)42(49)46-41-43(50)47(38-19-9-8-18-36(38)39(45-41)31-14-4-3-5-15-31)27-29-12-10-17-32(24-29)34-23-22-30-13-6-7-16-33(30)26-34/h2-10,12-19,22-24,26,28,35,37,41H,1,11,20-21,25,27H2,(H2,44,48)(H,46,49). The van der Waals surface area contributed by atoms with Gasteiger partial charge < -0.3 is 16.0 Å². The third kappa shape index (κ3) is 6.99. The number of fused-ring (bicyclic) bond motifs is 2. The Morgan fingerprint density at radius 3 is 2.28 bits per heavy atom. The number of benzodiazepines with no additional fused rings is 1. The first-order chi connectivity index (χ1) is 24.4. The summed E-state index contributed by atoms with van der Waals surface area (Å²) in [4.78, 5) is 48.1. The van der Waals surface area contributed by atoms with Crippen molar-refractivity contribution < 1.29 is 14.4 Å². The molecule has 1 aliphatic carbocycles. The third-order valence-corrected chi connectivity index (χ3v) is 9.78. The van der Waals surface area contributed by atoms with E-state index in [1.165, 1.54) is 5.39 Å². The summed E-state index contributed by atoms with van der Waals surface area (Å²) in [6, 6.07) is 40.3. The lowest BCUT2D eigenvalue weighted by Crippen LogP contribution is -2.50. The van der Waals surface area contributed by atoms with Gasteiger partial charge in [-0.25, -0.2) is 4.99 Å². The van der Waals surface area contributed by atoms with Gasteiger partial charge in [0.1, 0.15) is 0 Å². The van der Waals surface area contributed by atoms with Gasteiger partial charge in [-0.3, -0.25) is 14.4 Å². The van der Waals surface area contributed by atoms with Gasteiger partial charge in [0.2, 0.25) is 18.0 Å². The maximum Gasteiger partial charge on any atom is 0.272 e. The molecule has 0 spiro atoms. The van der Waals surface area contributed by atoms with Crippen LogP contribution in [-0.4, -0.2) is 29.6 Å². The highest BCUT2D eigenvalue weighted by Gasteiger charge is 2.40. The maximum atomic E-state index is 14.7. The van der Waals surface area contributed by atoms with Gasteiger partial charge in [0.15, 0.2) is 0 Å². The fourth-order valence-electron chi connectivity index (χ4n) is 6.98. The molecule has 7 nitrogen and oxygen atoms in total. The number of nitrogens with one attached hydrogen (secondary N) is 1. The summed E-state index contributed by atoms with van der Waals surface area (Å²) in [6.07, 6.45) is 3.20. The van der Waals surface area contributed by atoms with Gasteiger partial charge in [-0.05, 0) is 64.4 Å². The molecule has 2 aliphatic rings. The molecular weight excluding hydrogens is 620 g/mol. The Balaban J connectivity index is 1.27. The largest absolute Gasteiger partial charge is 0.369 e. The Bertz CT molecular complexity index is 2100. The van der Waals surface area contributed by atoms with E-state index in [4.69, 9.17) is 10.7 Å². The minimum Gasteiger partial charge on any atom is -0.369 e. The van der Waals surface area contributed by atoms with Crippen LogP contribution in [0.15, 0.2) is 139 Å². The molecule has 0 radical (unpaired) electrons. The highest BCUT2D eigenvalue weighted by Crippen LogP contribution is 2.39. The Morgan fingerprint density at radius 2 is 1.52 bits per heavy atom. The second kappa shape index (κ2) is 14.3. The highest BCUT2D eigenvalue weighted by molar-refractivity contribution is 6.20. The number of allylic oxidation sites excluding steroid dienone is 1. The van der Waals surface area contributed by atoms with E-state index < -0.39 is 29.8 Å². The molecule has 5 aromatic rings. The first-order valence-electron chi connectivity index (χ1n) is 17.2. The summed E-state index contributed by atoms with van der Waals surface area (Å²) in [6.45, 7) is 4.05. The van der Waals surface area contributed by atoms with Crippen LogP contribution in [0.3, 0.4) is 0 Å². The lowest BCUT2D eigenvalue weighted by Gasteiger charge is -2.28. The number of hydrogen-bond acceptors (Lipinski definition) is 4. The number of nitrogens with two attached hydrogens (primary N) is 1. The third-order valence-electron chi connectivity index (χ3n) is 9.78. The zero-order valence-electron chi connectivity index (χ0n) is 27.9. The molecule has 0 bridgehead atoms. The van der Waals surface area contributed by atoms with Gasteiger partial charge in [-0.15, -0.1) is 6.58 Å². The summed E-state index contributed by atoms with van der Waals surface area (Å²) in [5.41, 5.74) is 11.8. The topological polar surface area (TPSA) is 105 Å². The molecule has 250 valence electrons. The lowest BCUT2D eigenvalue weighted by molar-refractivity contribution is -0.135. The molecule has 1 aliphatic heterocycles. The molecule has 5 aromatic carbocycles. The van der Waals surface area contributed by atoms with Crippen molar-refractivity contribution in [3.8, 4) is 11.1 Å². The number of amides is 3. The lowest BCUT2D eigenvalue weighted by atomic mass is 9.84. The number of benzene rings is 5. The molecule has 1 saturated carbocycles. The zero-order valence-corrected chi connectivity index (χ0v) is 27.9. The van der Waals surface area contributed by atoms with Crippen LogP contribution >= 0.6 is 0 Å². The smallest absolute Gasteiger partial charge is 0.272 e. The van der Waals surface area contributed by atoms with Gasteiger partial charge in [-0.1, -0.05) is 122 Å². The molecule has 0 aromatic heterocycles. The number of aliphatic imine (C=N–C) groups is 1. The highest BCUT2D eigenvalue weighted by atomic mass is 16.2. The van der Waals surface area contributed by atoms with Crippen molar-refractivity contribution in [2.24, 2.45) is 28.5 Å². The average molecular weight is 661 g/mol. The Hall–Kier alpha value is -5.82. The number of carbonyl (C=O) groups excluding carboxylic acids is 3. The molecule has 3 N–H and O–H groups in total. The normalized spacial score (nSPS) is 16.9. The molecule has 3 unspecified atom stereocenters. The minimum absolute atomic E-state index is 0.257. The molecule has 7 heteroatoms. The first-order valence-corrected chi connectivity index (χ1v) is 17.2. The van der Waals surface area contributed by atoms with Crippen LogP contribution in [0, 0.1) is 17.8 Å². The van der Waals surface area contributed by atoms with Crippen LogP contribution in [0.1, 0.15) is 42.4 Å². The quantitative estimate of drug-likeness (QED) is 0.136. The summed E-state index contributed by atoms with van der Waals surface area (Å²) < 4.78 is 0.